The minimum atomic E-state index is -0.981. The summed E-state index contributed by atoms with van der Waals surface area (Å²) in [5.74, 6) is 0.256. The predicted molar refractivity (Wildman–Crippen MR) is 272 cm³/mol. The van der Waals surface area contributed by atoms with Gasteiger partial charge in [-0.15, -0.1) is 0 Å². The Bertz CT molecular complexity index is 2630. The smallest absolute Gasteiger partial charge is 0.222 e. The average Bonchev–Trinajstić information content (AvgIpc) is 3.29. The molecule has 0 aliphatic carbocycles. The highest BCUT2D eigenvalue weighted by atomic mass is 19.2. The molecular weight excluding hydrogens is 886 g/mol. The second-order valence-electron chi connectivity index (χ2n) is 17.4. The lowest BCUT2D eigenvalue weighted by Gasteiger charge is -2.20. The summed E-state index contributed by atoms with van der Waals surface area (Å²) in [6.45, 7) is 11.2. The highest BCUT2D eigenvalue weighted by Gasteiger charge is 2.18. The molecule has 0 aliphatic heterocycles. The number of halogens is 3. The van der Waals surface area contributed by atoms with Gasteiger partial charge in [0.1, 0.15) is 40.6 Å². The van der Waals surface area contributed by atoms with E-state index in [1.54, 1.807) is 26.8 Å². The standard InChI is InChI=1S/C17H22F2N4O.C17H23FN4O.C17H24N4O/c1-3-4-5-11(7-6-10(2)24)21-16-12-8-13(18)14(19)9-15(12)22-17(20)23-16;1-3-4-5-13(8-6-11(2)23)20-16-14-9-7-12(18)10-15(14)21-17(19)22-16;1-3-4-7-13(11-10-12(2)22)19-16-14-8-5-6-9-15(14)20-17(18)21-16/h8-9,11H,3-7H2,1-2H3,(H3,20,21,22,23);7,9-10,13H,3-6,8H2,1-2H3,(H3,19,20,21,22);5-6,8-9,13H,3-4,7,10-11H2,1-2H3,(H3,18,19,20,21)/t11-;2*13-/m111/s1. The summed E-state index contributed by atoms with van der Waals surface area (Å²) in [5.41, 5.74) is 18.8. The molecule has 0 saturated carbocycles. The fourth-order valence-corrected chi connectivity index (χ4v) is 7.62. The maximum Gasteiger partial charge on any atom is 0.222 e. The van der Waals surface area contributed by atoms with Crippen LogP contribution in [0.2, 0.25) is 0 Å². The Balaban J connectivity index is 0.000000226. The first-order valence-corrected chi connectivity index (χ1v) is 23.9. The number of carbonyl (C=O) groups excluding carboxylic acids is 3. The van der Waals surface area contributed by atoms with Gasteiger partial charge >= 0.3 is 0 Å². The van der Waals surface area contributed by atoms with Gasteiger partial charge in [-0.25, -0.2) is 28.1 Å². The number of carbonyl (C=O) groups is 3. The Morgan fingerprint density at radius 2 is 0.855 bits per heavy atom. The molecule has 18 heteroatoms. The normalized spacial score (nSPS) is 12.3. The largest absolute Gasteiger partial charge is 0.368 e. The molecule has 3 atom stereocenters. The Labute approximate surface area is 402 Å². The van der Waals surface area contributed by atoms with Gasteiger partial charge in [-0.3, -0.25) is 0 Å². The molecule has 372 valence electrons. The number of nitrogen functional groups attached to an aromatic ring is 3. The molecule has 0 unspecified atom stereocenters. The minimum Gasteiger partial charge on any atom is -0.368 e. The van der Waals surface area contributed by atoms with Crippen LogP contribution in [0.1, 0.15) is 138 Å². The van der Waals surface area contributed by atoms with E-state index in [0.717, 1.165) is 105 Å². The average molecular weight is 955 g/mol. The van der Waals surface area contributed by atoms with Crippen LogP contribution in [0.15, 0.2) is 54.6 Å². The number of Topliss-reactive ketones (excluding diaryl/α,β-unsaturated/α-hetero) is 3. The number of aromatic nitrogens is 6. The van der Waals surface area contributed by atoms with Crippen molar-refractivity contribution < 1.29 is 27.6 Å². The number of hydrogen-bond donors (Lipinski definition) is 6. The highest BCUT2D eigenvalue weighted by Crippen LogP contribution is 2.28. The maximum atomic E-state index is 13.6. The third-order valence-electron chi connectivity index (χ3n) is 11.3. The van der Waals surface area contributed by atoms with Crippen LogP contribution < -0.4 is 33.2 Å². The summed E-state index contributed by atoms with van der Waals surface area (Å²) in [6.07, 6.45) is 12.9. The van der Waals surface area contributed by atoms with Gasteiger partial charge in [-0.2, -0.15) is 15.0 Å². The second kappa shape index (κ2) is 27.9. The molecule has 3 aromatic carbocycles. The van der Waals surface area contributed by atoms with Crippen LogP contribution in [0, 0.1) is 17.5 Å². The molecule has 3 aromatic heterocycles. The van der Waals surface area contributed by atoms with Gasteiger partial charge in [0.15, 0.2) is 11.6 Å². The quantitative estimate of drug-likeness (QED) is 0.0330. The van der Waals surface area contributed by atoms with Gasteiger partial charge in [-0.05, 0) is 89.6 Å². The van der Waals surface area contributed by atoms with Crippen LogP contribution in [0.5, 0.6) is 0 Å². The zero-order valence-electron chi connectivity index (χ0n) is 40.8. The van der Waals surface area contributed by atoms with E-state index >= 15 is 0 Å². The number of fused-ring (bicyclic) bond motifs is 3. The Kier molecular flexibility index (Phi) is 22.2. The molecule has 3 heterocycles. The van der Waals surface area contributed by atoms with E-state index in [9.17, 15) is 27.6 Å². The number of para-hydroxylation sites is 1. The molecule has 0 fully saturated rings. The molecule has 0 saturated heterocycles. The lowest BCUT2D eigenvalue weighted by Crippen LogP contribution is -2.22. The third-order valence-corrected chi connectivity index (χ3v) is 11.3. The van der Waals surface area contributed by atoms with Crippen molar-refractivity contribution in [2.75, 3.05) is 33.2 Å². The topological polar surface area (TPSA) is 243 Å². The van der Waals surface area contributed by atoms with Crippen molar-refractivity contribution in [3.05, 3.63) is 72.0 Å². The van der Waals surface area contributed by atoms with Crippen molar-refractivity contribution >= 4 is 85.4 Å². The van der Waals surface area contributed by atoms with Crippen LogP contribution in [0.4, 0.5) is 48.5 Å². The van der Waals surface area contributed by atoms with E-state index in [4.69, 9.17) is 17.2 Å². The first kappa shape index (κ1) is 54.9. The van der Waals surface area contributed by atoms with Crippen LogP contribution in [0.3, 0.4) is 0 Å². The number of rotatable bonds is 24. The molecule has 0 aliphatic rings. The lowest BCUT2D eigenvalue weighted by molar-refractivity contribution is -0.118. The summed E-state index contributed by atoms with van der Waals surface area (Å²) in [5, 5.41) is 12.1. The first-order valence-electron chi connectivity index (χ1n) is 23.9. The molecule has 6 aromatic rings. The number of unbranched alkanes of at least 4 members (excludes halogenated alkanes) is 3. The van der Waals surface area contributed by atoms with Crippen LogP contribution in [-0.4, -0.2) is 65.4 Å². The van der Waals surface area contributed by atoms with Gasteiger partial charge in [0.2, 0.25) is 17.8 Å². The van der Waals surface area contributed by atoms with E-state index in [1.807, 2.05) is 24.3 Å². The second-order valence-corrected chi connectivity index (χ2v) is 17.4. The Morgan fingerprint density at radius 3 is 1.29 bits per heavy atom. The van der Waals surface area contributed by atoms with Gasteiger partial charge in [0, 0.05) is 65.7 Å². The van der Waals surface area contributed by atoms with E-state index < -0.39 is 11.6 Å². The van der Waals surface area contributed by atoms with Crippen LogP contribution in [0.25, 0.3) is 32.7 Å². The zero-order chi connectivity index (χ0) is 50.5. The van der Waals surface area contributed by atoms with Crippen molar-refractivity contribution in [1.82, 2.24) is 29.9 Å². The maximum absolute atomic E-state index is 13.6. The van der Waals surface area contributed by atoms with Crippen LogP contribution in [-0.2, 0) is 14.4 Å². The molecule has 0 amide bonds. The van der Waals surface area contributed by atoms with E-state index in [1.165, 1.54) is 12.1 Å². The van der Waals surface area contributed by atoms with Gasteiger partial charge in [-0.1, -0.05) is 71.4 Å². The molecule has 0 spiro atoms. The van der Waals surface area contributed by atoms with Crippen molar-refractivity contribution in [3.63, 3.8) is 0 Å². The highest BCUT2D eigenvalue weighted by molar-refractivity contribution is 5.92. The van der Waals surface area contributed by atoms with Gasteiger partial charge in [0.05, 0.1) is 16.6 Å². The first-order chi connectivity index (χ1) is 33.0. The van der Waals surface area contributed by atoms with E-state index in [-0.39, 0.29) is 64.7 Å². The number of nitrogens with two attached hydrogens (primary N) is 3. The number of anilines is 6. The minimum absolute atomic E-state index is 0.000496. The Hall–Kier alpha value is -6.72. The van der Waals surface area contributed by atoms with E-state index in [0.29, 0.717) is 48.2 Å². The van der Waals surface area contributed by atoms with Crippen molar-refractivity contribution in [2.24, 2.45) is 0 Å². The fraction of sp³-hybridized carbons (Fsp3) is 0.471. The molecule has 0 radical (unpaired) electrons. The third kappa shape index (κ3) is 18.4. The monoisotopic (exact) mass is 955 g/mol. The lowest BCUT2D eigenvalue weighted by atomic mass is 10.0. The number of benzene rings is 3. The predicted octanol–water partition coefficient (Wildman–Crippen LogP) is 11.1. The molecule has 6 rings (SSSR count). The van der Waals surface area contributed by atoms with Gasteiger partial charge in [0.25, 0.3) is 0 Å². The summed E-state index contributed by atoms with van der Waals surface area (Å²) in [6, 6.07) is 14.6. The SMILES string of the molecule is CCCC[C@H](CCC(C)=O)Nc1nc(N)nc2cc(F)c(F)cc12.CCCC[C@H](CCC(C)=O)Nc1nc(N)nc2cc(F)ccc12.CCCC[C@H](CCC(C)=O)Nc1nc(N)nc2ccccc12. The number of nitrogens with zero attached hydrogens (tertiary/aromatic N) is 6. The summed E-state index contributed by atoms with van der Waals surface area (Å²) in [4.78, 5) is 58.8. The fourth-order valence-electron chi connectivity index (χ4n) is 7.62. The Morgan fingerprint density at radius 1 is 0.478 bits per heavy atom. The van der Waals surface area contributed by atoms with Gasteiger partial charge < -0.3 is 47.5 Å². The number of ketones is 3. The van der Waals surface area contributed by atoms with E-state index in [2.05, 4.69) is 66.6 Å². The zero-order valence-corrected chi connectivity index (χ0v) is 40.8. The van der Waals surface area contributed by atoms with Crippen molar-refractivity contribution in [2.45, 2.75) is 156 Å². The van der Waals surface area contributed by atoms with Crippen molar-refractivity contribution in [3.8, 4) is 0 Å². The molecule has 9 N–H and O–H groups in total. The number of hydrogen-bond acceptors (Lipinski definition) is 15. The summed E-state index contributed by atoms with van der Waals surface area (Å²) < 4.78 is 40.4. The molecule has 15 nitrogen and oxygen atoms in total. The van der Waals surface area contributed by atoms with Crippen LogP contribution >= 0.6 is 0 Å². The summed E-state index contributed by atoms with van der Waals surface area (Å²) in [7, 11) is 0. The molecule has 69 heavy (non-hydrogen) atoms. The molecule has 0 bridgehead atoms. The molecular formula is C51H69F3N12O3. The van der Waals surface area contributed by atoms with Crippen molar-refractivity contribution in [1.29, 1.82) is 0 Å². The number of nitrogens with one attached hydrogen (secondary N) is 3. The summed E-state index contributed by atoms with van der Waals surface area (Å²) >= 11 is 0.